The first-order valence-electron chi connectivity index (χ1n) is 13.6. The van der Waals surface area contributed by atoms with Gasteiger partial charge in [-0.1, -0.05) is 12.1 Å². The number of benzene rings is 3. The summed E-state index contributed by atoms with van der Waals surface area (Å²) in [4.78, 5) is 23.5. The fourth-order valence-electron chi connectivity index (χ4n) is 4.31. The molecular weight excluding hydrogens is 631 g/mol. The highest BCUT2D eigenvalue weighted by Crippen LogP contribution is 2.36. The zero-order valence-corrected chi connectivity index (χ0v) is 26.1. The van der Waals surface area contributed by atoms with E-state index in [0.717, 1.165) is 30.3 Å². The summed E-state index contributed by atoms with van der Waals surface area (Å²) in [7, 11) is -2.90. The van der Waals surface area contributed by atoms with E-state index < -0.39 is 48.7 Å². The maximum atomic E-state index is 13.4. The molecule has 1 heterocycles. The zero-order chi connectivity index (χ0) is 34.0. The number of nitro benzene ring substituents is 1. The lowest BCUT2D eigenvalue weighted by molar-refractivity contribution is -0.385. The Balaban J connectivity index is 1.79. The average molecular weight is 662 g/mol. The van der Waals surface area contributed by atoms with Gasteiger partial charge in [0, 0.05) is 29.8 Å². The summed E-state index contributed by atoms with van der Waals surface area (Å²) in [6.45, 7) is 6.01. The second kappa shape index (κ2) is 12.8. The van der Waals surface area contributed by atoms with Crippen molar-refractivity contribution in [2.75, 3.05) is 7.11 Å². The molecule has 0 aliphatic rings. The number of methoxy groups -OCH3 is 1. The van der Waals surface area contributed by atoms with E-state index in [1.807, 2.05) is 0 Å². The van der Waals surface area contributed by atoms with E-state index in [4.69, 9.17) is 9.47 Å². The average Bonchev–Trinajstić information content (AvgIpc) is 3.30. The first kappa shape index (κ1) is 33.9. The van der Waals surface area contributed by atoms with Gasteiger partial charge in [-0.3, -0.25) is 14.9 Å². The normalized spacial score (nSPS) is 12.1. The molecular formula is C30H30F3N5O7S. The predicted molar refractivity (Wildman–Crippen MR) is 161 cm³/mol. The minimum Gasteiger partial charge on any atom is -0.497 e. The first-order valence-corrected chi connectivity index (χ1v) is 15.1. The molecule has 0 atom stereocenters. The van der Waals surface area contributed by atoms with Gasteiger partial charge in [-0.15, -0.1) is 0 Å². The Morgan fingerprint density at radius 3 is 2.30 bits per heavy atom. The van der Waals surface area contributed by atoms with Crippen LogP contribution in [0, 0.1) is 17.0 Å². The summed E-state index contributed by atoms with van der Waals surface area (Å²) in [6, 6.07) is 13.9. The van der Waals surface area contributed by atoms with Gasteiger partial charge in [0.15, 0.2) is 5.69 Å². The van der Waals surface area contributed by atoms with Crippen molar-refractivity contribution < 1.29 is 40.8 Å². The minimum absolute atomic E-state index is 0.101. The lowest BCUT2D eigenvalue weighted by Gasteiger charge is -2.21. The standard InChI is InChI=1S/C30H30F3N5O7S/c1-18-26(27(39)34-17-19-7-6-8-20(15-19)30(31,32)33)35-37(21-9-12-23(44-5)13-10-21)28(18)45-24-14-11-22(38(40)41)16-25(24)46(42,43)36-29(2,3)4/h6-16,36H,17H2,1-5H3,(H,34,39). The molecule has 0 radical (unpaired) electrons. The summed E-state index contributed by atoms with van der Waals surface area (Å²) in [6.07, 6.45) is -4.56. The topological polar surface area (TPSA) is 155 Å². The summed E-state index contributed by atoms with van der Waals surface area (Å²) >= 11 is 0. The zero-order valence-electron chi connectivity index (χ0n) is 25.3. The minimum atomic E-state index is -4.56. The van der Waals surface area contributed by atoms with Crippen molar-refractivity contribution >= 4 is 21.6 Å². The molecule has 0 aliphatic carbocycles. The number of rotatable bonds is 10. The molecule has 0 saturated heterocycles. The van der Waals surface area contributed by atoms with E-state index in [0.29, 0.717) is 11.4 Å². The van der Waals surface area contributed by atoms with Crippen LogP contribution in [0.5, 0.6) is 17.4 Å². The van der Waals surface area contributed by atoms with E-state index in [1.165, 1.54) is 30.8 Å². The molecule has 0 aliphatic heterocycles. The van der Waals surface area contributed by atoms with Crippen molar-refractivity contribution in [2.45, 2.75) is 50.9 Å². The Labute approximate surface area is 262 Å². The molecule has 244 valence electrons. The van der Waals surface area contributed by atoms with Crippen LogP contribution in [0.3, 0.4) is 0 Å². The highest BCUT2D eigenvalue weighted by Gasteiger charge is 2.32. The van der Waals surface area contributed by atoms with Crippen molar-refractivity contribution in [1.29, 1.82) is 0 Å². The number of halogens is 3. The second-order valence-electron chi connectivity index (χ2n) is 11.1. The van der Waals surface area contributed by atoms with Crippen LogP contribution in [0.25, 0.3) is 5.69 Å². The van der Waals surface area contributed by atoms with Crippen molar-refractivity contribution in [3.8, 4) is 23.1 Å². The van der Waals surface area contributed by atoms with Crippen LogP contribution in [0.15, 0.2) is 71.6 Å². The predicted octanol–water partition coefficient (Wildman–Crippen LogP) is 5.92. The SMILES string of the molecule is COc1ccc(-n2nc(C(=O)NCc3cccc(C(F)(F)F)c3)c(C)c2Oc2ccc([N+](=O)[O-])cc2S(=O)(=O)NC(C)(C)C)cc1. The Bertz CT molecular complexity index is 1880. The van der Waals surface area contributed by atoms with Gasteiger partial charge < -0.3 is 14.8 Å². The van der Waals surface area contributed by atoms with Gasteiger partial charge in [0.05, 0.1) is 23.3 Å². The number of alkyl halides is 3. The molecule has 0 fully saturated rings. The number of hydrogen-bond donors (Lipinski definition) is 2. The fraction of sp³-hybridized carbons (Fsp3) is 0.267. The molecule has 1 amide bonds. The van der Waals surface area contributed by atoms with E-state index in [-0.39, 0.29) is 35.0 Å². The van der Waals surface area contributed by atoms with Crippen LogP contribution in [0.4, 0.5) is 18.9 Å². The van der Waals surface area contributed by atoms with Crippen molar-refractivity contribution in [3.63, 3.8) is 0 Å². The number of aromatic nitrogens is 2. The lowest BCUT2D eigenvalue weighted by Crippen LogP contribution is -2.40. The number of ether oxygens (including phenoxy) is 2. The van der Waals surface area contributed by atoms with Gasteiger partial charge >= 0.3 is 6.18 Å². The number of nitro groups is 1. The van der Waals surface area contributed by atoms with Gasteiger partial charge in [0.25, 0.3) is 11.6 Å². The van der Waals surface area contributed by atoms with E-state index in [9.17, 15) is 36.5 Å². The van der Waals surface area contributed by atoms with E-state index in [1.54, 1.807) is 45.0 Å². The highest BCUT2D eigenvalue weighted by molar-refractivity contribution is 7.89. The van der Waals surface area contributed by atoms with Crippen molar-refractivity contribution in [2.24, 2.45) is 0 Å². The van der Waals surface area contributed by atoms with E-state index >= 15 is 0 Å². The van der Waals surface area contributed by atoms with Gasteiger partial charge in [-0.25, -0.2) is 13.1 Å². The monoisotopic (exact) mass is 661 g/mol. The number of amides is 1. The Hall–Kier alpha value is -4.96. The number of carbonyl (C=O) groups is 1. The number of hydrogen-bond acceptors (Lipinski definition) is 8. The quantitative estimate of drug-likeness (QED) is 0.157. The molecule has 46 heavy (non-hydrogen) atoms. The van der Waals surface area contributed by atoms with Gasteiger partial charge in [0.1, 0.15) is 16.4 Å². The summed E-state index contributed by atoms with van der Waals surface area (Å²) in [5.74, 6) is -0.643. The molecule has 0 saturated carbocycles. The summed E-state index contributed by atoms with van der Waals surface area (Å²) in [5, 5.41) is 18.5. The molecule has 2 N–H and O–H groups in total. The van der Waals surface area contributed by atoms with Crippen LogP contribution >= 0.6 is 0 Å². The number of nitrogens with one attached hydrogen (secondary N) is 2. The molecule has 0 bridgehead atoms. The van der Waals surface area contributed by atoms with Crippen LogP contribution in [0.2, 0.25) is 0 Å². The maximum Gasteiger partial charge on any atom is 0.416 e. The third kappa shape index (κ3) is 7.81. The Morgan fingerprint density at radius 2 is 1.72 bits per heavy atom. The largest absolute Gasteiger partial charge is 0.497 e. The molecule has 4 aromatic rings. The Morgan fingerprint density at radius 1 is 1.04 bits per heavy atom. The Kier molecular flexibility index (Phi) is 9.44. The van der Waals surface area contributed by atoms with Crippen molar-refractivity contribution in [3.05, 3.63) is 99.2 Å². The van der Waals surface area contributed by atoms with Crippen LogP contribution in [-0.4, -0.2) is 41.7 Å². The summed E-state index contributed by atoms with van der Waals surface area (Å²) in [5.41, 5.74) is -1.79. The molecule has 4 rings (SSSR count). The number of sulfonamides is 1. The number of carbonyl (C=O) groups excluding carboxylic acids is 1. The molecule has 0 spiro atoms. The number of non-ortho nitro benzene ring substituents is 1. The molecule has 1 aromatic heterocycles. The molecule has 12 nitrogen and oxygen atoms in total. The highest BCUT2D eigenvalue weighted by atomic mass is 32.2. The van der Waals surface area contributed by atoms with Gasteiger partial charge in [-0.2, -0.15) is 23.0 Å². The lowest BCUT2D eigenvalue weighted by atomic mass is 10.1. The second-order valence-corrected chi connectivity index (χ2v) is 12.8. The molecule has 0 unspecified atom stereocenters. The van der Waals surface area contributed by atoms with Crippen LogP contribution in [-0.2, 0) is 22.7 Å². The van der Waals surface area contributed by atoms with Crippen LogP contribution < -0.4 is 19.5 Å². The van der Waals surface area contributed by atoms with Crippen molar-refractivity contribution in [1.82, 2.24) is 19.8 Å². The fourth-order valence-corrected chi connectivity index (χ4v) is 5.87. The van der Waals surface area contributed by atoms with Crippen LogP contribution in [0.1, 0.15) is 48.0 Å². The first-order chi connectivity index (χ1) is 21.4. The molecule has 3 aromatic carbocycles. The number of nitrogens with zero attached hydrogens (tertiary/aromatic N) is 3. The smallest absolute Gasteiger partial charge is 0.416 e. The third-order valence-electron chi connectivity index (χ3n) is 6.38. The van der Waals surface area contributed by atoms with E-state index in [2.05, 4.69) is 15.1 Å². The maximum absolute atomic E-state index is 13.4. The van der Waals surface area contributed by atoms with Gasteiger partial charge in [-0.05, 0) is 75.7 Å². The van der Waals surface area contributed by atoms with Gasteiger partial charge in [0.2, 0.25) is 15.9 Å². The third-order valence-corrected chi connectivity index (χ3v) is 8.16. The summed E-state index contributed by atoms with van der Waals surface area (Å²) < 4.78 is 81.2. The molecule has 16 heteroatoms.